The van der Waals surface area contributed by atoms with E-state index in [9.17, 15) is 4.79 Å². The van der Waals surface area contributed by atoms with Crippen molar-refractivity contribution in [3.05, 3.63) is 44.8 Å². The summed E-state index contributed by atoms with van der Waals surface area (Å²) in [6.07, 6.45) is 0. The monoisotopic (exact) mass is 306 g/mol. The van der Waals surface area contributed by atoms with E-state index < -0.39 is 0 Å². The number of aromatic nitrogens is 1. The summed E-state index contributed by atoms with van der Waals surface area (Å²) in [6.45, 7) is 2.02. The van der Waals surface area contributed by atoms with Gasteiger partial charge in [-0.05, 0) is 29.8 Å². The van der Waals surface area contributed by atoms with Crippen LogP contribution in [0.25, 0.3) is 10.6 Å². The molecule has 0 aliphatic heterocycles. The zero-order chi connectivity index (χ0) is 13.2. The molecular weight excluding hydrogens is 296 g/mol. The second kappa shape index (κ2) is 5.24. The fourth-order valence-electron chi connectivity index (χ4n) is 1.66. The van der Waals surface area contributed by atoms with Crippen LogP contribution < -0.4 is 5.32 Å². The number of aryl methyl sites for hydroxylation is 1. The standard InChI is InChI=1S/C13H10N2OS3/c1-8-11(9-4-2-6-17-9)14-13(19-8)15-12(16)10-5-3-7-18-10/h2-7H,1H3,(H,14,15,16). The second-order valence-electron chi connectivity index (χ2n) is 3.83. The van der Waals surface area contributed by atoms with E-state index in [1.165, 1.54) is 22.7 Å². The summed E-state index contributed by atoms with van der Waals surface area (Å²) in [5, 5.41) is 7.42. The van der Waals surface area contributed by atoms with Gasteiger partial charge in [0.2, 0.25) is 0 Å². The Hall–Kier alpha value is -1.50. The summed E-state index contributed by atoms with van der Waals surface area (Å²) in [7, 11) is 0. The maximum atomic E-state index is 12.0. The zero-order valence-corrected chi connectivity index (χ0v) is 12.5. The Labute approximate surface area is 122 Å². The lowest BCUT2D eigenvalue weighted by molar-refractivity contribution is 0.103. The summed E-state index contributed by atoms with van der Waals surface area (Å²) < 4.78 is 0. The van der Waals surface area contributed by atoms with Crippen molar-refractivity contribution in [2.75, 3.05) is 5.32 Å². The minimum Gasteiger partial charge on any atom is -0.297 e. The van der Waals surface area contributed by atoms with Crippen molar-refractivity contribution in [2.45, 2.75) is 6.92 Å². The Kier molecular flexibility index (Phi) is 3.46. The van der Waals surface area contributed by atoms with Gasteiger partial charge in [-0.25, -0.2) is 4.98 Å². The first-order valence-electron chi connectivity index (χ1n) is 5.60. The molecule has 3 heterocycles. The SMILES string of the molecule is Cc1sc(NC(=O)c2cccs2)nc1-c1cccs1. The molecule has 0 atom stereocenters. The molecule has 1 N–H and O–H groups in total. The average molecular weight is 306 g/mol. The molecule has 19 heavy (non-hydrogen) atoms. The van der Waals surface area contributed by atoms with E-state index in [1.807, 2.05) is 35.9 Å². The van der Waals surface area contributed by atoms with Gasteiger partial charge in [-0.1, -0.05) is 12.1 Å². The van der Waals surface area contributed by atoms with Crippen LogP contribution in [-0.4, -0.2) is 10.9 Å². The van der Waals surface area contributed by atoms with Crippen molar-refractivity contribution in [1.29, 1.82) is 0 Å². The molecule has 0 saturated heterocycles. The molecule has 1 amide bonds. The fourth-order valence-corrected chi connectivity index (χ4v) is 3.94. The fraction of sp³-hybridized carbons (Fsp3) is 0.0769. The van der Waals surface area contributed by atoms with Crippen LogP contribution in [0, 0.1) is 6.92 Å². The zero-order valence-electron chi connectivity index (χ0n) is 10.0. The van der Waals surface area contributed by atoms with Crippen molar-refractivity contribution in [3.8, 4) is 10.6 Å². The van der Waals surface area contributed by atoms with Crippen molar-refractivity contribution in [1.82, 2.24) is 4.98 Å². The number of thiophene rings is 2. The maximum absolute atomic E-state index is 12.0. The summed E-state index contributed by atoms with van der Waals surface area (Å²) in [5.74, 6) is -0.0959. The van der Waals surface area contributed by atoms with E-state index in [0.29, 0.717) is 10.0 Å². The summed E-state index contributed by atoms with van der Waals surface area (Å²) in [6, 6.07) is 7.71. The molecule has 0 aliphatic carbocycles. The van der Waals surface area contributed by atoms with E-state index in [2.05, 4.69) is 10.3 Å². The first-order chi connectivity index (χ1) is 9.24. The van der Waals surface area contributed by atoms with E-state index in [1.54, 1.807) is 17.4 Å². The molecule has 0 saturated carbocycles. The van der Waals surface area contributed by atoms with Gasteiger partial charge >= 0.3 is 0 Å². The van der Waals surface area contributed by atoms with Crippen molar-refractivity contribution < 1.29 is 4.79 Å². The molecule has 0 fully saturated rings. The number of amides is 1. The third-order valence-electron chi connectivity index (χ3n) is 2.52. The van der Waals surface area contributed by atoms with Gasteiger partial charge in [-0.2, -0.15) is 0 Å². The second-order valence-corrected chi connectivity index (χ2v) is 6.93. The summed E-state index contributed by atoms with van der Waals surface area (Å²) in [4.78, 5) is 19.4. The topological polar surface area (TPSA) is 42.0 Å². The van der Waals surface area contributed by atoms with Crippen LogP contribution >= 0.6 is 34.0 Å². The van der Waals surface area contributed by atoms with Gasteiger partial charge in [0, 0.05) is 4.88 Å². The lowest BCUT2D eigenvalue weighted by Gasteiger charge is -1.97. The summed E-state index contributed by atoms with van der Waals surface area (Å²) in [5.41, 5.74) is 0.960. The van der Waals surface area contributed by atoms with Crippen molar-refractivity contribution in [3.63, 3.8) is 0 Å². The molecule has 0 radical (unpaired) electrons. The molecule has 0 aromatic carbocycles. The van der Waals surface area contributed by atoms with E-state index in [-0.39, 0.29) is 5.91 Å². The van der Waals surface area contributed by atoms with Crippen LogP contribution in [0.1, 0.15) is 14.5 Å². The average Bonchev–Trinajstić information content (AvgIpc) is 3.09. The van der Waals surface area contributed by atoms with Crippen molar-refractivity contribution in [2.24, 2.45) is 0 Å². The number of hydrogen-bond donors (Lipinski definition) is 1. The van der Waals surface area contributed by atoms with Gasteiger partial charge in [0.1, 0.15) is 0 Å². The quantitative estimate of drug-likeness (QED) is 0.774. The van der Waals surface area contributed by atoms with Gasteiger partial charge in [-0.3, -0.25) is 10.1 Å². The molecule has 3 aromatic heterocycles. The van der Waals surface area contributed by atoms with Gasteiger partial charge in [0.05, 0.1) is 15.4 Å². The Morgan fingerprint density at radius 1 is 1.21 bits per heavy atom. The number of carbonyl (C=O) groups excluding carboxylic acids is 1. The van der Waals surface area contributed by atoms with Crippen LogP contribution in [0.5, 0.6) is 0 Å². The highest BCUT2D eigenvalue weighted by atomic mass is 32.1. The number of thiazole rings is 1. The first-order valence-corrected chi connectivity index (χ1v) is 8.18. The maximum Gasteiger partial charge on any atom is 0.267 e. The Bertz CT molecular complexity index is 684. The number of hydrogen-bond acceptors (Lipinski definition) is 5. The predicted molar refractivity (Wildman–Crippen MR) is 82.4 cm³/mol. The third kappa shape index (κ3) is 2.60. The highest BCUT2D eigenvalue weighted by molar-refractivity contribution is 7.17. The van der Waals surface area contributed by atoms with Crippen molar-refractivity contribution >= 4 is 45.0 Å². The Morgan fingerprint density at radius 2 is 2.00 bits per heavy atom. The van der Waals surface area contributed by atoms with Crippen LogP contribution in [0.15, 0.2) is 35.0 Å². The molecule has 0 bridgehead atoms. The normalized spacial score (nSPS) is 10.6. The molecule has 96 valence electrons. The number of nitrogens with zero attached hydrogens (tertiary/aromatic N) is 1. The third-order valence-corrected chi connectivity index (χ3v) is 5.15. The lowest BCUT2D eigenvalue weighted by atomic mass is 10.3. The van der Waals surface area contributed by atoms with Crippen LogP contribution in [0.3, 0.4) is 0 Å². The van der Waals surface area contributed by atoms with Gasteiger partial charge in [0.25, 0.3) is 5.91 Å². The van der Waals surface area contributed by atoms with E-state index in [4.69, 9.17) is 0 Å². The Balaban J connectivity index is 1.83. The highest BCUT2D eigenvalue weighted by Crippen LogP contribution is 2.33. The molecule has 3 aromatic rings. The van der Waals surface area contributed by atoms with Gasteiger partial charge < -0.3 is 0 Å². The molecule has 3 rings (SSSR count). The number of nitrogens with one attached hydrogen (secondary N) is 1. The smallest absolute Gasteiger partial charge is 0.267 e. The number of anilines is 1. The summed E-state index contributed by atoms with van der Waals surface area (Å²) >= 11 is 4.59. The molecule has 0 unspecified atom stereocenters. The molecule has 3 nitrogen and oxygen atoms in total. The predicted octanol–water partition coefficient (Wildman–Crippen LogP) is 4.49. The number of carbonyl (C=O) groups is 1. The van der Waals surface area contributed by atoms with E-state index in [0.717, 1.165) is 15.4 Å². The number of rotatable bonds is 3. The minimum atomic E-state index is -0.0959. The molecular formula is C13H10N2OS3. The van der Waals surface area contributed by atoms with E-state index >= 15 is 0 Å². The van der Waals surface area contributed by atoms with Crippen LogP contribution in [0.4, 0.5) is 5.13 Å². The minimum absolute atomic E-state index is 0.0959. The molecule has 0 spiro atoms. The van der Waals surface area contributed by atoms with Gasteiger partial charge in [-0.15, -0.1) is 34.0 Å². The highest BCUT2D eigenvalue weighted by Gasteiger charge is 2.13. The van der Waals surface area contributed by atoms with Crippen LogP contribution in [0.2, 0.25) is 0 Å². The largest absolute Gasteiger partial charge is 0.297 e. The first kappa shape index (κ1) is 12.5. The van der Waals surface area contributed by atoms with Gasteiger partial charge in [0.15, 0.2) is 5.13 Å². The van der Waals surface area contributed by atoms with Crippen LogP contribution in [-0.2, 0) is 0 Å². The molecule has 6 heteroatoms. The molecule has 0 aliphatic rings. The lowest BCUT2D eigenvalue weighted by Crippen LogP contribution is -2.09. The Morgan fingerprint density at radius 3 is 2.68 bits per heavy atom.